The maximum Gasteiger partial charge on any atom is 0.335 e. The van der Waals surface area contributed by atoms with E-state index in [4.69, 9.17) is 5.11 Å². The number of rotatable bonds is 6. The van der Waals surface area contributed by atoms with Crippen LogP contribution in [0.3, 0.4) is 0 Å². The van der Waals surface area contributed by atoms with Gasteiger partial charge in [-0.3, -0.25) is 0 Å². The number of hydrogen-bond donors (Lipinski definition) is 2. The van der Waals surface area contributed by atoms with Gasteiger partial charge in [0.1, 0.15) is 5.82 Å². The first-order valence-corrected chi connectivity index (χ1v) is 5.84. The molecule has 0 heterocycles. The van der Waals surface area contributed by atoms with Gasteiger partial charge in [-0.05, 0) is 52.2 Å². The van der Waals surface area contributed by atoms with Gasteiger partial charge in [0.25, 0.3) is 0 Å². The molecule has 0 radical (unpaired) electrons. The molecule has 4 nitrogen and oxygen atoms in total. The number of hydrogen-bond acceptors (Lipinski definition) is 3. The van der Waals surface area contributed by atoms with Gasteiger partial charge in [0.2, 0.25) is 0 Å². The number of carbonyl (C=O) groups is 1. The topological polar surface area (TPSA) is 52.6 Å². The van der Waals surface area contributed by atoms with Gasteiger partial charge < -0.3 is 15.3 Å². The lowest BCUT2D eigenvalue weighted by molar-refractivity contribution is 0.0696. The van der Waals surface area contributed by atoms with E-state index in [0.717, 1.165) is 19.0 Å². The summed E-state index contributed by atoms with van der Waals surface area (Å²) in [6, 6.07) is 4.01. The number of carboxylic acids is 1. The molecular formula is C13H19FN2O2. The van der Waals surface area contributed by atoms with Crippen molar-refractivity contribution in [2.45, 2.75) is 19.4 Å². The monoisotopic (exact) mass is 254 g/mol. The van der Waals surface area contributed by atoms with Crippen molar-refractivity contribution in [1.82, 2.24) is 4.90 Å². The van der Waals surface area contributed by atoms with Crippen LogP contribution in [-0.2, 0) is 0 Å². The molecule has 0 aliphatic carbocycles. The number of halogens is 1. The summed E-state index contributed by atoms with van der Waals surface area (Å²) in [4.78, 5) is 12.7. The van der Waals surface area contributed by atoms with E-state index in [1.807, 2.05) is 21.0 Å². The molecule has 1 aromatic carbocycles. The minimum Gasteiger partial charge on any atom is -0.478 e. The Morgan fingerprint density at radius 1 is 1.50 bits per heavy atom. The maximum absolute atomic E-state index is 13.6. The van der Waals surface area contributed by atoms with Crippen LogP contribution in [0.5, 0.6) is 0 Å². The normalized spacial score (nSPS) is 12.5. The van der Waals surface area contributed by atoms with Crippen LogP contribution in [0.25, 0.3) is 0 Å². The van der Waals surface area contributed by atoms with Crippen LogP contribution in [0, 0.1) is 5.82 Å². The Morgan fingerprint density at radius 3 is 2.67 bits per heavy atom. The first-order chi connectivity index (χ1) is 8.40. The number of aromatic carboxylic acids is 1. The van der Waals surface area contributed by atoms with E-state index >= 15 is 0 Å². The quantitative estimate of drug-likeness (QED) is 0.817. The van der Waals surface area contributed by atoms with Crippen molar-refractivity contribution in [1.29, 1.82) is 0 Å². The third kappa shape index (κ3) is 4.33. The van der Waals surface area contributed by atoms with Crippen LogP contribution in [-0.4, -0.2) is 42.7 Å². The second kappa shape index (κ2) is 6.35. The summed E-state index contributed by atoms with van der Waals surface area (Å²) in [7, 11) is 3.96. The molecule has 0 spiro atoms. The van der Waals surface area contributed by atoms with E-state index in [-0.39, 0.29) is 11.6 Å². The van der Waals surface area contributed by atoms with Crippen LogP contribution in [0.2, 0.25) is 0 Å². The highest BCUT2D eigenvalue weighted by Gasteiger charge is 2.10. The first kappa shape index (κ1) is 14.4. The van der Waals surface area contributed by atoms with Crippen LogP contribution < -0.4 is 5.32 Å². The maximum atomic E-state index is 13.6. The van der Waals surface area contributed by atoms with E-state index in [1.54, 1.807) is 0 Å². The Bertz CT molecular complexity index is 421. The Kier molecular flexibility index (Phi) is 5.09. The van der Waals surface area contributed by atoms with Gasteiger partial charge in [0.15, 0.2) is 0 Å². The Hall–Kier alpha value is -1.62. The second-order valence-electron chi connectivity index (χ2n) is 4.64. The SMILES string of the molecule is CC(CCN(C)C)Nc1ccc(C(=O)O)cc1F. The van der Waals surface area contributed by atoms with Gasteiger partial charge in [-0.15, -0.1) is 0 Å². The lowest BCUT2D eigenvalue weighted by Gasteiger charge is -2.18. The van der Waals surface area contributed by atoms with Gasteiger partial charge >= 0.3 is 5.97 Å². The molecule has 0 aliphatic heterocycles. The summed E-state index contributed by atoms with van der Waals surface area (Å²) in [5.74, 6) is -1.66. The Labute approximate surface area is 106 Å². The average Bonchev–Trinajstić information content (AvgIpc) is 2.29. The van der Waals surface area contributed by atoms with E-state index in [2.05, 4.69) is 10.2 Å². The zero-order chi connectivity index (χ0) is 13.7. The smallest absolute Gasteiger partial charge is 0.335 e. The third-order valence-corrected chi connectivity index (χ3v) is 2.63. The molecule has 0 aliphatic rings. The van der Waals surface area contributed by atoms with Gasteiger partial charge in [0.05, 0.1) is 11.3 Å². The molecule has 0 fully saturated rings. The van der Waals surface area contributed by atoms with E-state index < -0.39 is 11.8 Å². The predicted molar refractivity (Wildman–Crippen MR) is 69.6 cm³/mol. The molecule has 100 valence electrons. The molecule has 2 N–H and O–H groups in total. The first-order valence-electron chi connectivity index (χ1n) is 5.84. The zero-order valence-electron chi connectivity index (χ0n) is 10.9. The van der Waals surface area contributed by atoms with E-state index in [0.29, 0.717) is 5.69 Å². The minimum atomic E-state index is -1.12. The molecule has 0 bridgehead atoms. The van der Waals surface area contributed by atoms with Crippen molar-refractivity contribution >= 4 is 11.7 Å². The molecule has 0 saturated carbocycles. The van der Waals surface area contributed by atoms with Crippen LogP contribution in [0.15, 0.2) is 18.2 Å². The molecule has 0 saturated heterocycles. The van der Waals surface area contributed by atoms with Crippen LogP contribution >= 0.6 is 0 Å². The summed E-state index contributed by atoms with van der Waals surface area (Å²) in [6.45, 7) is 2.87. The highest BCUT2D eigenvalue weighted by molar-refractivity contribution is 5.88. The van der Waals surface area contributed by atoms with Crippen LogP contribution in [0.4, 0.5) is 10.1 Å². The fourth-order valence-corrected chi connectivity index (χ4v) is 1.55. The number of nitrogens with one attached hydrogen (secondary N) is 1. The molecule has 0 aromatic heterocycles. The van der Waals surface area contributed by atoms with Crippen molar-refractivity contribution in [2.75, 3.05) is 26.0 Å². The lowest BCUT2D eigenvalue weighted by Crippen LogP contribution is -2.23. The molecule has 18 heavy (non-hydrogen) atoms. The van der Waals surface area contributed by atoms with Gasteiger partial charge in [0, 0.05) is 6.04 Å². The van der Waals surface area contributed by atoms with Crippen molar-refractivity contribution in [3.63, 3.8) is 0 Å². The second-order valence-corrected chi connectivity index (χ2v) is 4.64. The fraction of sp³-hybridized carbons (Fsp3) is 0.462. The van der Waals surface area contributed by atoms with E-state index in [1.165, 1.54) is 12.1 Å². The van der Waals surface area contributed by atoms with Gasteiger partial charge in [-0.25, -0.2) is 9.18 Å². The standard InChI is InChI=1S/C13H19FN2O2/c1-9(6-7-16(2)3)15-12-5-4-10(13(17)18)8-11(12)14/h4-5,8-9,15H,6-7H2,1-3H3,(H,17,18). The highest BCUT2D eigenvalue weighted by atomic mass is 19.1. The summed E-state index contributed by atoms with van der Waals surface area (Å²) in [5.41, 5.74) is 0.297. The number of nitrogens with zero attached hydrogens (tertiary/aromatic N) is 1. The van der Waals surface area contributed by atoms with Crippen LogP contribution in [0.1, 0.15) is 23.7 Å². The third-order valence-electron chi connectivity index (χ3n) is 2.63. The number of anilines is 1. The largest absolute Gasteiger partial charge is 0.478 e. The van der Waals surface area contributed by atoms with Crippen molar-refractivity contribution in [3.8, 4) is 0 Å². The molecule has 1 unspecified atom stereocenters. The number of carboxylic acid groups (broad SMARTS) is 1. The Morgan fingerprint density at radius 2 is 2.17 bits per heavy atom. The van der Waals surface area contributed by atoms with Gasteiger partial charge in [-0.1, -0.05) is 0 Å². The van der Waals surface area contributed by atoms with Crippen molar-refractivity contribution in [3.05, 3.63) is 29.6 Å². The van der Waals surface area contributed by atoms with E-state index in [9.17, 15) is 9.18 Å². The highest BCUT2D eigenvalue weighted by Crippen LogP contribution is 2.17. The molecule has 5 heteroatoms. The average molecular weight is 254 g/mol. The number of benzene rings is 1. The molecule has 1 aromatic rings. The lowest BCUT2D eigenvalue weighted by atomic mass is 10.1. The van der Waals surface area contributed by atoms with Crippen molar-refractivity contribution < 1.29 is 14.3 Å². The molecule has 0 amide bonds. The summed E-state index contributed by atoms with van der Waals surface area (Å²) in [6.07, 6.45) is 0.882. The minimum absolute atomic E-state index is 0.0426. The summed E-state index contributed by atoms with van der Waals surface area (Å²) >= 11 is 0. The fourth-order valence-electron chi connectivity index (χ4n) is 1.55. The zero-order valence-corrected chi connectivity index (χ0v) is 10.9. The summed E-state index contributed by atoms with van der Waals surface area (Å²) < 4.78 is 13.6. The van der Waals surface area contributed by atoms with Crippen molar-refractivity contribution in [2.24, 2.45) is 0 Å². The molecule has 1 rings (SSSR count). The molecule has 1 atom stereocenters. The predicted octanol–water partition coefficient (Wildman–Crippen LogP) is 2.28. The molecular weight excluding hydrogens is 235 g/mol. The Balaban J connectivity index is 2.64. The summed E-state index contributed by atoms with van der Waals surface area (Å²) in [5, 5.41) is 11.8. The van der Waals surface area contributed by atoms with Gasteiger partial charge in [-0.2, -0.15) is 0 Å².